The fourth-order valence-corrected chi connectivity index (χ4v) is 3.50. The van der Waals surface area contributed by atoms with Crippen LogP contribution in [0.25, 0.3) is 0 Å². The molecule has 0 radical (unpaired) electrons. The first-order valence-corrected chi connectivity index (χ1v) is 10.2. The number of carbonyl (C=O) groups is 2. The van der Waals surface area contributed by atoms with Crippen molar-refractivity contribution in [1.29, 1.82) is 0 Å². The quantitative estimate of drug-likeness (QED) is 0.621. The van der Waals surface area contributed by atoms with Gasteiger partial charge < -0.3 is 10.0 Å². The second-order valence-electron chi connectivity index (χ2n) is 6.75. The van der Waals surface area contributed by atoms with Crippen LogP contribution in [0.1, 0.15) is 34.1 Å². The maximum atomic E-state index is 12.5. The Bertz CT molecular complexity index is 999. The number of aromatic hydroxyl groups is 1. The van der Waals surface area contributed by atoms with Crippen molar-refractivity contribution in [3.05, 3.63) is 76.3 Å². The van der Waals surface area contributed by atoms with Crippen LogP contribution in [0, 0.1) is 0 Å². The molecule has 0 aliphatic heterocycles. The highest BCUT2D eigenvalue weighted by molar-refractivity contribution is 7.14. The van der Waals surface area contributed by atoms with Crippen LogP contribution in [-0.2, 0) is 24.2 Å². The van der Waals surface area contributed by atoms with E-state index in [1.807, 2.05) is 12.1 Å². The van der Waals surface area contributed by atoms with E-state index in [0.717, 1.165) is 12.0 Å². The molecule has 0 saturated heterocycles. The molecule has 2 aromatic carbocycles. The number of carbonyl (C=O) groups excluding carboxylic acids is 2. The third kappa shape index (κ3) is 5.65. The standard InChI is InChI=1S/C22H23N3O3S/c1-3-15-7-9-16(10-8-15)13-25(2)20(27)12-18-14-29-22(23-18)24-21(28)17-5-4-6-19(26)11-17/h4-11,14,26H,3,12-13H2,1-2H3,(H,23,24,28). The van der Waals surface area contributed by atoms with E-state index in [1.165, 1.54) is 29.0 Å². The van der Waals surface area contributed by atoms with Crippen molar-refractivity contribution in [3.8, 4) is 5.75 Å². The van der Waals surface area contributed by atoms with Crippen molar-refractivity contribution in [2.45, 2.75) is 26.3 Å². The Morgan fingerprint density at radius 3 is 2.55 bits per heavy atom. The number of likely N-dealkylation sites (N-methyl/N-ethyl adjacent to an activating group) is 1. The molecule has 29 heavy (non-hydrogen) atoms. The number of aromatic nitrogens is 1. The van der Waals surface area contributed by atoms with Crippen molar-refractivity contribution >= 4 is 28.3 Å². The molecule has 1 aromatic heterocycles. The number of nitrogens with one attached hydrogen (secondary N) is 1. The van der Waals surface area contributed by atoms with Gasteiger partial charge in [-0.2, -0.15) is 0 Å². The van der Waals surface area contributed by atoms with Crippen LogP contribution >= 0.6 is 11.3 Å². The summed E-state index contributed by atoms with van der Waals surface area (Å²) >= 11 is 1.26. The van der Waals surface area contributed by atoms with Crippen molar-refractivity contribution < 1.29 is 14.7 Å². The van der Waals surface area contributed by atoms with Crippen LogP contribution in [0.5, 0.6) is 5.75 Å². The maximum absolute atomic E-state index is 12.5. The van der Waals surface area contributed by atoms with Gasteiger partial charge in [0.25, 0.3) is 5.91 Å². The Balaban J connectivity index is 1.55. The monoisotopic (exact) mass is 409 g/mol. The van der Waals surface area contributed by atoms with Gasteiger partial charge in [0.05, 0.1) is 12.1 Å². The van der Waals surface area contributed by atoms with Crippen LogP contribution in [-0.4, -0.2) is 33.9 Å². The second kappa shape index (κ2) is 9.34. The van der Waals surface area contributed by atoms with E-state index < -0.39 is 0 Å². The Morgan fingerprint density at radius 2 is 1.86 bits per heavy atom. The second-order valence-corrected chi connectivity index (χ2v) is 7.60. The minimum absolute atomic E-state index is 0.0236. The van der Waals surface area contributed by atoms with E-state index in [1.54, 1.807) is 29.5 Å². The summed E-state index contributed by atoms with van der Waals surface area (Å²) in [5.41, 5.74) is 3.30. The van der Waals surface area contributed by atoms with Crippen molar-refractivity contribution in [2.75, 3.05) is 12.4 Å². The highest BCUT2D eigenvalue weighted by Gasteiger charge is 2.14. The lowest BCUT2D eigenvalue weighted by Gasteiger charge is -2.17. The van der Waals surface area contributed by atoms with Gasteiger partial charge in [-0.3, -0.25) is 14.9 Å². The molecule has 0 aliphatic rings. The number of hydrogen-bond acceptors (Lipinski definition) is 5. The van der Waals surface area contributed by atoms with Crippen molar-refractivity contribution in [2.24, 2.45) is 0 Å². The molecular weight excluding hydrogens is 386 g/mol. The summed E-state index contributed by atoms with van der Waals surface area (Å²) in [6.45, 7) is 2.65. The van der Waals surface area contributed by atoms with Gasteiger partial charge >= 0.3 is 0 Å². The topological polar surface area (TPSA) is 82.5 Å². The summed E-state index contributed by atoms with van der Waals surface area (Å²) in [5, 5.41) is 14.4. The first-order chi connectivity index (χ1) is 13.9. The van der Waals surface area contributed by atoms with Gasteiger partial charge in [-0.1, -0.05) is 37.3 Å². The summed E-state index contributed by atoms with van der Waals surface area (Å²) in [7, 11) is 1.77. The van der Waals surface area contributed by atoms with E-state index in [0.29, 0.717) is 22.9 Å². The molecule has 0 bridgehead atoms. The summed E-state index contributed by atoms with van der Waals surface area (Å²) < 4.78 is 0. The minimum atomic E-state index is -0.360. The number of aryl methyl sites for hydroxylation is 1. The average molecular weight is 410 g/mol. The molecule has 0 spiro atoms. The van der Waals surface area contributed by atoms with Gasteiger partial charge in [0.2, 0.25) is 5.91 Å². The van der Waals surface area contributed by atoms with Gasteiger partial charge in [-0.25, -0.2) is 4.98 Å². The highest BCUT2D eigenvalue weighted by atomic mass is 32.1. The van der Waals surface area contributed by atoms with Crippen LogP contribution in [0.15, 0.2) is 53.9 Å². The maximum Gasteiger partial charge on any atom is 0.257 e. The lowest BCUT2D eigenvalue weighted by atomic mass is 10.1. The molecule has 3 aromatic rings. The summed E-state index contributed by atoms with van der Waals surface area (Å²) in [6, 6.07) is 14.3. The summed E-state index contributed by atoms with van der Waals surface area (Å²) in [5.74, 6) is -0.378. The molecule has 3 rings (SSSR count). The Morgan fingerprint density at radius 1 is 1.14 bits per heavy atom. The SMILES string of the molecule is CCc1ccc(CN(C)C(=O)Cc2csc(NC(=O)c3cccc(O)c3)n2)cc1. The molecule has 0 aliphatic carbocycles. The molecule has 150 valence electrons. The van der Waals surface area contributed by atoms with Crippen LogP contribution < -0.4 is 5.32 Å². The van der Waals surface area contributed by atoms with E-state index in [2.05, 4.69) is 29.4 Å². The predicted octanol–water partition coefficient (Wildman–Crippen LogP) is 3.86. The molecule has 7 heteroatoms. The molecule has 6 nitrogen and oxygen atoms in total. The zero-order valence-corrected chi connectivity index (χ0v) is 17.2. The molecule has 2 N–H and O–H groups in total. The van der Waals surface area contributed by atoms with E-state index in [-0.39, 0.29) is 24.0 Å². The third-order valence-electron chi connectivity index (χ3n) is 4.49. The summed E-state index contributed by atoms with van der Waals surface area (Å²) in [4.78, 5) is 30.7. The van der Waals surface area contributed by atoms with Crippen LogP contribution in [0.3, 0.4) is 0 Å². The molecule has 0 unspecified atom stereocenters. The Kier molecular flexibility index (Phi) is 6.61. The number of amides is 2. The van der Waals surface area contributed by atoms with Crippen LogP contribution in [0.2, 0.25) is 0 Å². The number of benzene rings is 2. The number of anilines is 1. The molecule has 2 amide bonds. The van der Waals surface area contributed by atoms with Gasteiger partial charge in [0.1, 0.15) is 5.75 Å². The average Bonchev–Trinajstić information content (AvgIpc) is 3.15. The number of phenolic OH excluding ortho intramolecular Hbond substituents is 1. The van der Waals surface area contributed by atoms with Crippen molar-refractivity contribution in [1.82, 2.24) is 9.88 Å². The summed E-state index contributed by atoms with van der Waals surface area (Å²) in [6.07, 6.45) is 1.16. The smallest absolute Gasteiger partial charge is 0.257 e. The highest BCUT2D eigenvalue weighted by Crippen LogP contribution is 2.19. The largest absolute Gasteiger partial charge is 0.508 e. The Labute approximate surface area is 173 Å². The first kappa shape index (κ1) is 20.5. The number of phenols is 1. The minimum Gasteiger partial charge on any atom is -0.508 e. The molecule has 1 heterocycles. The third-order valence-corrected chi connectivity index (χ3v) is 5.30. The molecular formula is C22H23N3O3S. The lowest BCUT2D eigenvalue weighted by molar-refractivity contribution is -0.129. The van der Waals surface area contributed by atoms with E-state index in [4.69, 9.17) is 0 Å². The zero-order chi connectivity index (χ0) is 20.8. The van der Waals surface area contributed by atoms with E-state index in [9.17, 15) is 14.7 Å². The number of hydrogen-bond donors (Lipinski definition) is 2. The van der Waals surface area contributed by atoms with Crippen molar-refractivity contribution in [3.63, 3.8) is 0 Å². The lowest BCUT2D eigenvalue weighted by Crippen LogP contribution is -2.27. The van der Waals surface area contributed by atoms with E-state index >= 15 is 0 Å². The number of rotatable bonds is 7. The zero-order valence-electron chi connectivity index (χ0n) is 16.4. The number of nitrogens with zero attached hydrogens (tertiary/aromatic N) is 2. The van der Waals surface area contributed by atoms with Crippen LogP contribution in [0.4, 0.5) is 5.13 Å². The normalized spacial score (nSPS) is 10.6. The molecule has 0 fully saturated rings. The number of thiazole rings is 1. The van der Waals surface area contributed by atoms with Gasteiger partial charge in [-0.05, 0) is 35.7 Å². The van der Waals surface area contributed by atoms with Gasteiger partial charge in [-0.15, -0.1) is 11.3 Å². The fraction of sp³-hybridized carbons (Fsp3) is 0.227. The Hall–Kier alpha value is -3.19. The van der Waals surface area contributed by atoms with Gasteiger partial charge in [0, 0.05) is 24.5 Å². The fourth-order valence-electron chi connectivity index (χ4n) is 2.79. The molecule has 0 atom stereocenters. The predicted molar refractivity (Wildman–Crippen MR) is 114 cm³/mol. The first-order valence-electron chi connectivity index (χ1n) is 9.31. The van der Waals surface area contributed by atoms with Gasteiger partial charge in [0.15, 0.2) is 5.13 Å². The molecule has 0 saturated carbocycles.